The van der Waals surface area contributed by atoms with Crippen LogP contribution in [0.4, 0.5) is 0 Å². The summed E-state index contributed by atoms with van der Waals surface area (Å²) in [4.78, 5) is 30.1. The van der Waals surface area contributed by atoms with Gasteiger partial charge in [-0.15, -0.1) is 4.28 Å². The van der Waals surface area contributed by atoms with Crippen molar-refractivity contribution in [3.8, 4) is 0 Å². The van der Waals surface area contributed by atoms with E-state index in [4.69, 9.17) is 5.73 Å². The van der Waals surface area contributed by atoms with E-state index in [-0.39, 0.29) is 42.4 Å². The van der Waals surface area contributed by atoms with E-state index in [1.165, 1.54) is 0 Å². The first-order valence-corrected chi connectivity index (χ1v) is 5.25. The molecule has 1 heterocycles. The molecule has 1 rings (SSSR count). The van der Waals surface area contributed by atoms with Crippen LogP contribution in [0.1, 0.15) is 12.8 Å². The molecular weight excluding hydrogens is 271 g/mol. The molecule has 0 unspecified atom stereocenters. The van der Waals surface area contributed by atoms with Gasteiger partial charge in [-0.05, 0) is 6.42 Å². The first-order valence-electron chi connectivity index (χ1n) is 3.91. The minimum absolute atomic E-state index is 0. The molecule has 0 radical (unpaired) electrons. The second kappa shape index (κ2) is 6.61. The second-order valence-electron chi connectivity index (χ2n) is 2.73. The average Bonchev–Trinajstić information content (AvgIpc) is 2.09. The summed E-state index contributed by atoms with van der Waals surface area (Å²) >= 11 is 0. The van der Waals surface area contributed by atoms with Crippen molar-refractivity contribution < 1.29 is 66.1 Å². The average molecular weight is 278 g/mol. The molecule has 0 aromatic carbocycles. The second-order valence-corrected chi connectivity index (χ2v) is 3.69. The zero-order valence-electron chi connectivity index (χ0n) is 8.69. The maximum atomic E-state index is 11.0. The molecule has 92 valence electrons. The fourth-order valence-electron chi connectivity index (χ4n) is 0.785. The fraction of sp³-hybridized carbons (Fsp3) is 0.600. The van der Waals surface area contributed by atoms with E-state index in [0.717, 1.165) is 0 Å². The van der Waals surface area contributed by atoms with Crippen LogP contribution in [-0.4, -0.2) is 36.3 Å². The predicted octanol–water partition coefficient (Wildman–Crippen LogP) is -5.28. The van der Waals surface area contributed by atoms with E-state index in [1.807, 2.05) is 0 Å². The molecule has 1 aliphatic rings. The van der Waals surface area contributed by atoms with E-state index in [1.54, 1.807) is 0 Å². The molecule has 0 spiro atoms. The van der Waals surface area contributed by atoms with Crippen LogP contribution in [0.2, 0.25) is 0 Å². The van der Waals surface area contributed by atoms with Crippen molar-refractivity contribution in [2.75, 3.05) is 0 Å². The van der Waals surface area contributed by atoms with Gasteiger partial charge in [0.15, 0.2) is 0 Å². The summed E-state index contributed by atoms with van der Waals surface area (Å²) in [7, 11) is -5.24. The van der Waals surface area contributed by atoms with Gasteiger partial charge in [0.05, 0.1) is 0 Å². The van der Waals surface area contributed by atoms with Gasteiger partial charge >= 0.3 is 41.5 Å². The van der Waals surface area contributed by atoms with Crippen LogP contribution in [0.3, 0.4) is 0 Å². The molecule has 10 nitrogen and oxygen atoms in total. The Bertz CT molecular complexity index is 397. The number of carbonyl (C=O) groups excluding carboxylic acids is 2. The number of rotatable bonds is 2. The summed E-state index contributed by atoms with van der Waals surface area (Å²) in [6.45, 7) is 0. The van der Waals surface area contributed by atoms with Crippen molar-refractivity contribution in [3.63, 3.8) is 0 Å². The number of carbonyl (C=O) groups is 2. The summed E-state index contributed by atoms with van der Waals surface area (Å²) < 4.78 is 34.0. The Balaban J connectivity index is 0.00000256. The Morgan fingerprint density at radius 2 is 2.00 bits per heavy atom. The van der Waals surface area contributed by atoms with Gasteiger partial charge < -0.3 is 20.0 Å². The monoisotopic (exact) mass is 278 g/mol. The molecule has 1 aliphatic heterocycles. The van der Waals surface area contributed by atoms with E-state index in [0.29, 0.717) is 0 Å². The van der Waals surface area contributed by atoms with E-state index in [9.17, 15) is 22.6 Å². The normalized spacial score (nSPS) is 22.8. The van der Waals surface area contributed by atoms with Crippen LogP contribution < -0.4 is 35.3 Å². The van der Waals surface area contributed by atoms with Crippen LogP contribution in [0.25, 0.3) is 0 Å². The zero-order chi connectivity index (χ0) is 12.3. The van der Waals surface area contributed by atoms with Crippen LogP contribution >= 0.6 is 0 Å². The van der Waals surface area contributed by atoms with Gasteiger partial charge in [-0.3, -0.25) is 4.79 Å². The van der Waals surface area contributed by atoms with Crippen LogP contribution in [0, 0.1) is 0 Å². The third-order valence-electron chi connectivity index (χ3n) is 1.46. The van der Waals surface area contributed by atoms with E-state index >= 15 is 0 Å². The van der Waals surface area contributed by atoms with Gasteiger partial charge in [-0.2, -0.15) is 0 Å². The summed E-state index contributed by atoms with van der Waals surface area (Å²) in [5, 5.41) is -0.480. The molecule has 17 heavy (non-hydrogen) atoms. The van der Waals surface area contributed by atoms with Crippen LogP contribution in [-0.2, 0) is 33.9 Å². The van der Waals surface area contributed by atoms with Gasteiger partial charge in [0.2, 0.25) is 15.8 Å². The van der Waals surface area contributed by atoms with E-state index < -0.39 is 33.8 Å². The third-order valence-corrected chi connectivity index (χ3v) is 1.76. The molecule has 0 bridgehead atoms. The molecule has 0 aliphatic carbocycles. The molecule has 2 N–H and O–H groups in total. The Kier molecular flexibility index (Phi) is 6.50. The van der Waals surface area contributed by atoms with Gasteiger partial charge in [0.25, 0.3) is 0 Å². The smallest absolute Gasteiger partial charge is 0.724 e. The molecule has 0 aromatic rings. The standard InChI is InChI=1S/C5H8N2O8S.Na/c6-3-1-2-4(8)13-7(14-5(3)9)15-16(10,11)12;/h3H,1-2,6H2,(H,10,11,12);/q;+1/p-1/t3-;/m1./s1. The van der Waals surface area contributed by atoms with Crippen molar-refractivity contribution in [1.29, 1.82) is 0 Å². The first-order chi connectivity index (χ1) is 7.28. The van der Waals surface area contributed by atoms with Crippen molar-refractivity contribution in [3.05, 3.63) is 0 Å². The van der Waals surface area contributed by atoms with E-state index in [2.05, 4.69) is 14.0 Å². The maximum absolute atomic E-state index is 11.0. The van der Waals surface area contributed by atoms with Crippen molar-refractivity contribution >= 4 is 22.3 Å². The van der Waals surface area contributed by atoms with Gasteiger partial charge in [0.1, 0.15) is 6.04 Å². The SMILES string of the molecule is N[C@@H]1CCC(=O)ON(OS(=O)(=O)[O-])OC1=O.[Na+]. The molecular formula is C5H7N2NaO8S. The van der Waals surface area contributed by atoms with Crippen molar-refractivity contribution in [1.82, 2.24) is 5.39 Å². The minimum atomic E-state index is -5.24. The molecule has 1 atom stereocenters. The topological polar surface area (TPSA) is 148 Å². The molecule has 0 amide bonds. The Morgan fingerprint density at radius 3 is 2.53 bits per heavy atom. The number of nitrogens with zero attached hydrogens (tertiary/aromatic N) is 1. The molecule has 1 fully saturated rings. The van der Waals surface area contributed by atoms with Crippen molar-refractivity contribution in [2.24, 2.45) is 5.73 Å². The Hall–Kier alpha value is -0.270. The number of hydrogen-bond donors (Lipinski definition) is 1. The van der Waals surface area contributed by atoms with Crippen molar-refractivity contribution in [2.45, 2.75) is 18.9 Å². The van der Waals surface area contributed by atoms with Gasteiger partial charge in [-0.25, -0.2) is 13.2 Å². The first kappa shape index (κ1) is 16.7. The Morgan fingerprint density at radius 1 is 1.41 bits per heavy atom. The Labute approximate surface area is 118 Å². The van der Waals surface area contributed by atoms with Crippen LogP contribution in [0.5, 0.6) is 0 Å². The quantitative estimate of drug-likeness (QED) is 0.295. The third kappa shape index (κ3) is 6.28. The number of nitrogens with two attached hydrogens (primary N) is 1. The molecule has 1 saturated heterocycles. The predicted molar refractivity (Wildman–Crippen MR) is 42.0 cm³/mol. The van der Waals surface area contributed by atoms with Crippen LogP contribution in [0.15, 0.2) is 0 Å². The minimum Gasteiger partial charge on any atom is -0.724 e. The van der Waals surface area contributed by atoms with Gasteiger partial charge in [-0.1, -0.05) is 0 Å². The van der Waals surface area contributed by atoms with Gasteiger partial charge in [0, 0.05) is 6.42 Å². The maximum Gasteiger partial charge on any atom is 1.00 e. The summed E-state index contributed by atoms with van der Waals surface area (Å²) in [6.07, 6.45) is -0.287. The fourth-order valence-corrected chi connectivity index (χ4v) is 0.995. The number of hydrogen-bond acceptors (Lipinski definition) is 10. The molecule has 12 heteroatoms. The summed E-state index contributed by atoms with van der Waals surface area (Å²) in [6, 6.07) is -1.15. The zero-order valence-corrected chi connectivity index (χ0v) is 11.5. The molecule has 0 aromatic heterocycles. The summed E-state index contributed by atoms with van der Waals surface area (Å²) in [5.41, 5.74) is 5.24. The largest absolute Gasteiger partial charge is 1.00 e. The summed E-state index contributed by atoms with van der Waals surface area (Å²) in [5.74, 6) is -2.07. The molecule has 0 saturated carbocycles.